The van der Waals surface area contributed by atoms with Gasteiger partial charge >= 0.3 is 0 Å². The maximum Gasteiger partial charge on any atom is 0.0988 e. The van der Waals surface area contributed by atoms with Gasteiger partial charge < -0.3 is 5.11 Å². The number of aliphatic hydroxyl groups is 1. The summed E-state index contributed by atoms with van der Waals surface area (Å²) < 4.78 is 0. The summed E-state index contributed by atoms with van der Waals surface area (Å²) in [5, 5.41) is 9.46. The van der Waals surface area contributed by atoms with E-state index in [1.54, 1.807) is 14.0 Å². The molecule has 10 heavy (non-hydrogen) atoms. The molecule has 0 aromatic rings. The topological polar surface area (TPSA) is 32.6 Å². The van der Waals surface area contributed by atoms with Gasteiger partial charge in [0, 0.05) is 54.5 Å². The fourth-order valence-electron chi connectivity index (χ4n) is 0.497. The Labute approximate surface area is 96.5 Å². The molecular formula is C7H15CeNO. The molecule has 0 fully saturated rings. The maximum absolute atomic E-state index is 9.46. The molecule has 0 aliphatic rings. The van der Waals surface area contributed by atoms with Crippen molar-refractivity contribution in [2.24, 2.45) is 4.99 Å². The van der Waals surface area contributed by atoms with Crippen LogP contribution in [0.4, 0.5) is 0 Å². The van der Waals surface area contributed by atoms with E-state index in [2.05, 4.69) is 4.99 Å². The van der Waals surface area contributed by atoms with Crippen LogP contribution in [0.15, 0.2) is 4.99 Å². The third-order valence-corrected chi connectivity index (χ3v) is 1.80. The van der Waals surface area contributed by atoms with Gasteiger partial charge in [0.05, 0.1) is 5.60 Å². The number of hydrogen-bond acceptors (Lipinski definition) is 2. The molecule has 0 aliphatic carbocycles. The molecule has 1 unspecified atom stereocenters. The minimum absolute atomic E-state index is 0. The van der Waals surface area contributed by atoms with Crippen LogP contribution in [0.25, 0.3) is 0 Å². The molecule has 0 heterocycles. The van der Waals surface area contributed by atoms with E-state index in [0.29, 0.717) is 0 Å². The molecule has 2 nitrogen and oxygen atoms in total. The molecule has 0 aromatic heterocycles. The fraction of sp³-hybridized carbons (Fsp3) is 0.857. The van der Waals surface area contributed by atoms with E-state index in [0.717, 1.165) is 12.1 Å². The van der Waals surface area contributed by atoms with E-state index in [4.69, 9.17) is 0 Å². The summed E-state index contributed by atoms with van der Waals surface area (Å²) in [7, 11) is 1.69. The molecule has 0 spiro atoms. The molecule has 0 saturated heterocycles. The van der Waals surface area contributed by atoms with Crippen molar-refractivity contribution in [1.29, 1.82) is 0 Å². The van der Waals surface area contributed by atoms with Gasteiger partial charge in [-0.25, -0.2) is 0 Å². The van der Waals surface area contributed by atoms with Crippen LogP contribution in [0.2, 0.25) is 0 Å². The number of aliphatic imine (C=N–C) groups is 1. The number of rotatable bonds is 2. The second-order valence-corrected chi connectivity index (χ2v) is 2.44. The van der Waals surface area contributed by atoms with Crippen molar-refractivity contribution in [3.05, 3.63) is 0 Å². The smallest absolute Gasteiger partial charge is 0.0988 e. The van der Waals surface area contributed by atoms with Gasteiger partial charge in [-0.2, -0.15) is 0 Å². The Morgan fingerprint density at radius 1 is 1.60 bits per heavy atom. The number of hydrogen-bond donors (Lipinski definition) is 1. The second-order valence-electron chi connectivity index (χ2n) is 2.44. The summed E-state index contributed by atoms with van der Waals surface area (Å²) in [6.45, 7) is 5.55. The minimum Gasteiger partial charge on any atom is -0.384 e. The molecule has 0 aliphatic heterocycles. The first-order valence-corrected chi connectivity index (χ1v) is 3.21. The normalized spacial score (nSPS) is 17.5. The van der Waals surface area contributed by atoms with Crippen LogP contribution in [0, 0.1) is 41.7 Å². The van der Waals surface area contributed by atoms with Gasteiger partial charge in [0.2, 0.25) is 0 Å². The van der Waals surface area contributed by atoms with Gasteiger partial charge in [0.15, 0.2) is 0 Å². The van der Waals surface area contributed by atoms with E-state index >= 15 is 0 Å². The van der Waals surface area contributed by atoms with Crippen LogP contribution >= 0.6 is 0 Å². The summed E-state index contributed by atoms with van der Waals surface area (Å²) in [5.41, 5.74) is 0.0966. The predicted molar refractivity (Wildman–Crippen MR) is 39.9 cm³/mol. The van der Waals surface area contributed by atoms with E-state index in [1.165, 1.54) is 0 Å². The van der Waals surface area contributed by atoms with E-state index in [-0.39, 0.29) is 41.7 Å². The fourth-order valence-corrected chi connectivity index (χ4v) is 0.497. The molecule has 0 saturated carbocycles. The van der Waals surface area contributed by atoms with Crippen molar-refractivity contribution >= 4 is 5.71 Å². The monoisotopic (exact) mass is 269 g/mol. The zero-order chi connectivity index (χ0) is 7.49. The third kappa shape index (κ3) is 4.01. The van der Waals surface area contributed by atoms with Gasteiger partial charge in [-0.3, -0.25) is 4.99 Å². The summed E-state index contributed by atoms with van der Waals surface area (Å²) in [6.07, 6.45) is 0.718. The van der Waals surface area contributed by atoms with E-state index < -0.39 is 5.60 Å². The van der Waals surface area contributed by atoms with Crippen LogP contribution in [0.1, 0.15) is 27.2 Å². The van der Waals surface area contributed by atoms with Crippen molar-refractivity contribution in [3.8, 4) is 0 Å². The Kier molecular flexibility index (Phi) is 7.65. The molecule has 3 heteroatoms. The first kappa shape index (κ1) is 13.6. The summed E-state index contributed by atoms with van der Waals surface area (Å²) in [4.78, 5) is 3.90. The molecule has 58 valence electrons. The molecule has 1 N–H and O–H groups in total. The zero-order valence-corrected chi connectivity index (χ0v) is 10.2. The molecule has 0 rings (SSSR count). The van der Waals surface area contributed by atoms with Gasteiger partial charge in [0.25, 0.3) is 0 Å². The first-order valence-electron chi connectivity index (χ1n) is 3.21. The van der Waals surface area contributed by atoms with Crippen LogP contribution in [-0.4, -0.2) is 23.5 Å². The molecule has 1 atom stereocenters. The van der Waals surface area contributed by atoms with Crippen molar-refractivity contribution < 1.29 is 46.9 Å². The second kappa shape index (κ2) is 5.63. The van der Waals surface area contributed by atoms with Crippen LogP contribution in [0.3, 0.4) is 0 Å². The van der Waals surface area contributed by atoms with Crippen LogP contribution in [-0.2, 0) is 0 Å². The average molecular weight is 269 g/mol. The maximum atomic E-state index is 9.46. The average Bonchev–Trinajstić information content (AvgIpc) is 1.86. The molecular weight excluding hydrogens is 254 g/mol. The van der Waals surface area contributed by atoms with Crippen molar-refractivity contribution in [3.63, 3.8) is 0 Å². The molecule has 0 radical (unpaired) electrons. The Morgan fingerprint density at radius 2 is 2.00 bits per heavy atom. The summed E-state index contributed by atoms with van der Waals surface area (Å²) >= 11 is 0. The molecule has 0 bridgehead atoms. The SMILES string of the molecule is CCC(C)(O)C(C)=NC.[Ce]. The van der Waals surface area contributed by atoms with E-state index in [9.17, 15) is 5.11 Å². The standard InChI is InChI=1S/C7H15NO.Ce/c1-5-7(3,9)6(2)8-4;/h9H,5H2,1-4H3;. The number of nitrogens with zero attached hydrogens (tertiary/aromatic N) is 1. The first-order chi connectivity index (χ1) is 4.04. The van der Waals surface area contributed by atoms with Gasteiger partial charge in [-0.1, -0.05) is 6.92 Å². The molecule has 0 aromatic carbocycles. The molecule has 0 amide bonds. The van der Waals surface area contributed by atoms with Crippen molar-refractivity contribution in [1.82, 2.24) is 0 Å². The minimum atomic E-state index is -0.700. The quantitative estimate of drug-likeness (QED) is 0.752. The predicted octanol–water partition coefficient (Wildman–Crippen LogP) is 1.24. The largest absolute Gasteiger partial charge is 0.384 e. The summed E-state index contributed by atoms with van der Waals surface area (Å²) in [5.74, 6) is 0. The van der Waals surface area contributed by atoms with Gasteiger partial charge in [-0.05, 0) is 20.3 Å². The van der Waals surface area contributed by atoms with E-state index in [1.807, 2.05) is 13.8 Å². The van der Waals surface area contributed by atoms with Crippen molar-refractivity contribution in [2.45, 2.75) is 32.8 Å². The van der Waals surface area contributed by atoms with Crippen LogP contribution < -0.4 is 0 Å². The Hall–Kier alpha value is 1.01. The Bertz CT molecular complexity index is 121. The zero-order valence-electron chi connectivity index (χ0n) is 7.10. The van der Waals surface area contributed by atoms with Gasteiger partial charge in [-0.15, -0.1) is 0 Å². The Balaban J connectivity index is 0. The van der Waals surface area contributed by atoms with Crippen LogP contribution in [0.5, 0.6) is 0 Å². The third-order valence-electron chi connectivity index (χ3n) is 1.80. The van der Waals surface area contributed by atoms with Crippen molar-refractivity contribution in [2.75, 3.05) is 7.05 Å². The Morgan fingerprint density at radius 3 is 2.10 bits per heavy atom. The van der Waals surface area contributed by atoms with Gasteiger partial charge in [0.1, 0.15) is 0 Å². The summed E-state index contributed by atoms with van der Waals surface area (Å²) in [6, 6.07) is 0.